The van der Waals surface area contributed by atoms with Crippen LogP contribution in [0.3, 0.4) is 0 Å². The number of aromatic nitrogens is 3. The van der Waals surface area contributed by atoms with Gasteiger partial charge in [0.25, 0.3) is 0 Å². The third kappa shape index (κ3) is 3.19. The number of rotatable bonds is 6. The quantitative estimate of drug-likeness (QED) is 0.820. The van der Waals surface area contributed by atoms with Crippen molar-refractivity contribution in [3.8, 4) is 0 Å². The lowest BCUT2D eigenvalue weighted by Gasteiger charge is -2.33. The van der Waals surface area contributed by atoms with Crippen LogP contribution in [0.1, 0.15) is 48.8 Å². The highest BCUT2D eigenvalue weighted by Gasteiger charge is 2.28. The van der Waals surface area contributed by atoms with Gasteiger partial charge in [-0.25, -0.2) is 4.98 Å². The van der Waals surface area contributed by atoms with Crippen LogP contribution in [0.15, 0.2) is 16.8 Å². The molecule has 1 fully saturated rings. The fraction of sp³-hybridized carbons (Fsp3) is 0.647. The van der Waals surface area contributed by atoms with Gasteiger partial charge in [-0.3, -0.25) is 4.90 Å². The van der Waals surface area contributed by atoms with Crippen LogP contribution in [0.25, 0.3) is 0 Å². The summed E-state index contributed by atoms with van der Waals surface area (Å²) in [5.41, 5.74) is 2.19. The number of aryl methyl sites for hydroxylation is 1. The second kappa shape index (κ2) is 6.09. The summed E-state index contributed by atoms with van der Waals surface area (Å²) < 4.78 is 13.3. The SMILES string of the molecule is Cc1cc(CN2CCn3c(COCC4CC4)cnc3C2C)no1. The molecule has 4 rings (SSSR count). The van der Waals surface area contributed by atoms with Gasteiger partial charge < -0.3 is 13.8 Å². The van der Waals surface area contributed by atoms with Gasteiger partial charge in [0.05, 0.1) is 30.2 Å². The maximum Gasteiger partial charge on any atom is 0.133 e. The minimum absolute atomic E-state index is 0.276. The maximum absolute atomic E-state index is 5.83. The number of imidazole rings is 1. The van der Waals surface area contributed by atoms with Gasteiger partial charge in [0.15, 0.2) is 0 Å². The van der Waals surface area contributed by atoms with Crippen molar-refractivity contribution in [2.24, 2.45) is 5.92 Å². The molecule has 1 atom stereocenters. The van der Waals surface area contributed by atoms with E-state index in [4.69, 9.17) is 9.26 Å². The molecule has 0 amide bonds. The third-order valence-corrected chi connectivity index (χ3v) is 4.84. The molecule has 3 heterocycles. The molecule has 0 aromatic carbocycles. The molecule has 6 heteroatoms. The van der Waals surface area contributed by atoms with E-state index in [2.05, 4.69) is 26.5 Å². The summed E-state index contributed by atoms with van der Waals surface area (Å²) in [5, 5.41) is 4.10. The van der Waals surface area contributed by atoms with Gasteiger partial charge in [-0.05, 0) is 32.6 Å². The van der Waals surface area contributed by atoms with Crippen LogP contribution in [-0.2, 0) is 24.4 Å². The monoisotopic (exact) mass is 316 g/mol. The van der Waals surface area contributed by atoms with E-state index < -0.39 is 0 Å². The molecule has 1 saturated carbocycles. The first-order valence-corrected chi connectivity index (χ1v) is 8.49. The first kappa shape index (κ1) is 14.9. The minimum Gasteiger partial charge on any atom is -0.375 e. The van der Waals surface area contributed by atoms with Crippen molar-refractivity contribution in [1.29, 1.82) is 0 Å². The van der Waals surface area contributed by atoms with Crippen molar-refractivity contribution in [3.05, 3.63) is 35.2 Å². The summed E-state index contributed by atoms with van der Waals surface area (Å²) in [5.74, 6) is 2.79. The molecule has 2 aliphatic rings. The zero-order chi connectivity index (χ0) is 15.8. The average molecular weight is 316 g/mol. The number of fused-ring (bicyclic) bond motifs is 1. The topological polar surface area (TPSA) is 56.3 Å². The molecule has 0 bridgehead atoms. The molecule has 124 valence electrons. The molecule has 0 spiro atoms. The Kier molecular flexibility index (Phi) is 3.95. The Bertz CT molecular complexity index is 674. The zero-order valence-electron chi connectivity index (χ0n) is 13.9. The molecule has 1 aliphatic carbocycles. The van der Waals surface area contributed by atoms with Gasteiger partial charge in [0.2, 0.25) is 0 Å². The van der Waals surface area contributed by atoms with Crippen LogP contribution < -0.4 is 0 Å². The van der Waals surface area contributed by atoms with Crippen molar-refractivity contribution in [1.82, 2.24) is 19.6 Å². The van der Waals surface area contributed by atoms with E-state index in [1.165, 1.54) is 18.5 Å². The lowest BCUT2D eigenvalue weighted by molar-refractivity contribution is 0.101. The van der Waals surface area contributed by atoms with E-state index in [1.54, 1.807) is 0 Å². The Morgan fingerprint density at radius 2 is 2.22 bits per heavy atom. The normalized spacial score (nSPS) is 21.6. The largest absolute Gasteiger partial charge is 0.375 e. The molecule has 2 aromatic heterocycles. The first-order valence-electron chi connectivity index (χ1n) is 8.49. The molecule has 0 N–H and O–H groups in total. The van der Waals surface area contributed by atoms with Gasteiger partial charge >= 0.3 is 0 Å². The molecular formula is C17H24N4O2. The second-order valence-corrected chi connectivity index (χ2v) is 6.79. The summed E-state index contributed by atoms with van der Waals surface area (Å²) in [6.45, 7) is 8.46. The van der Waals surface area contributed by atoms with Crippen molar-refractivity contribution >= 4 is 0 Å². The Morgan fingerprint density at radius 1 is 1.35 bits per heavy atom. The third-order valence-electron chi connectivity index (χ3n) is 4.84. The van der Waals surface area contributed by atoms with E-state index in [1.807, 2.05) is 19.2 Å². The highest BCUT2D eigenvalue weighted by molar-refractivity contribution is 5.12. The molecule has 1 aliphatic heterocycles. The van der Waals surface area contributed by atoms with Crippen molar-refractivity contribution < 1.29 is 9.26 Å². The second-order valence-electron chi connectivity index (χ2n) is 6.79. The Hall–Kier alpha value is -1.66. The molecule has 2 aromatic rings. The minimum atomic E-state index is 0.276. The van der Waals surface area contributed by atoms with Gasteiger partial charge in [-0.2, -0.15) is 0 Å². The fourth-order valence-electron chi connectivity index (χ4n) is 3.25. The Balaban J connectivity index is 1.41. The van der Waals surface area contributed by atoms with Gasteiger partial charge in [0.1, 0.15) is 11.6 Å². The Morgan fingerprint density at radius 3 is 2.96 bits per heavy atom. The van der Waals surface area contributed by atoms with Crippen molar-refractivity contribution in [2.75, 3.05) is 13.2 Å². The van der Waals surface area contributed by atoms with Crippen LogP contribution in [0, 0.1) is 12.8 Å². The predicted octanol–water partition coefficient (Wildman–Crippen LogP) is 2.68. The number of hydrogen-bond acceptors (Lipinski definition) is 5. The average Bonchev–Trinajstić information content (AvgIpc) is 3.12. The van der Waals surface area contributed by atoms with Crippen molar-refractivity contribution in [2.45, 2.75) is 52.4 Å². The number of hydrogen-bond donors (Lipinski definition) is 0. The van der Waals surface area contributed by atoms with Gasteiger partial charge in [-0.1, -0.05) is 5.16 Å². The van der Waals surface area contributed by atoms with Crippen LogP contribution in [0.4, 0.5) is 0 Å². The molecule has 23 heavy (non-hydrogen) atoms. The van der Waals surface area contributed by atoms with E-state index in [9.17, 15) is 0 Å². The molecule has 0 saturated heterocycles. The molecule has 1 unspecified atom stereocenters. The van der Waals surface area contributed by atoms with E-state index >= 15 is 0 Å². The van der Waals surface area contributed by atoms with Crippen LogP contribution >= 0.6 is 0 Å². The lowest BCUT2D eigenvalue weighted by Crippen LogP contribution is -2.37. The number of ether oxygens (including phenoxy) is 1. The standard InChI is InChI=1S/C17H24N4O2/c1-12-7-15(19-23-12)9-20-5-6-21-16(8-18-17(21)13(20)2)11-22-10-14-3-4-14/h7-8,13-14H,3-6,9-11H2,1-2H3. The summed E-state index contributed by atoms with van der Waals surface area (Å²) in [4.78, 5) is 7.04. The van der Waals surface area contributed by atoms with E-state index in [0.717, 1.165) is 49.4 Å². The highest BCUT2D eigenvalue weighted by atomic mass is 16.5. The smallest absolute Gasteiger partial charge is 0.133 e. The zero-order valence-corrected chi connectivity index (χ0v) is 13.9. The number of nitrogens with zero attached hydrogens (tertiary/aromatic N) is 4. The maximum atomic E-state index is 5.83. The molecule has 0 radical (unpaired) electrons. The molecule has 6 nitrogen and oxygen atoms in total. The Labute approximate surface area is 136 Å². The van der Waals surface area contributed by atoms with E-state index in [0.29, 0.717) is 6.61 Å². The van der Waals surface area contributed by atoms with Crippen LogP contribution in [0.5, 0.6) is 0 Å². The van der Waals surface area contributed by atoms with Gasteiger partial charge in [-0.15, -0.1) is 0 Å². The van der Waals surface area contributed by atoms with Crippen molar-refractivity contribution in [3.63, 3.8) is 0 Å². The predicted molar refractivity (Wildman–Crippen MR) is 84.7 cm³/mol. The summed E-state index contributed by atoms with van der Waals surface area (Å²) in [6, 6.07) is 2.28. The van der Waals surface area contributed by atoms with Crippen LogP contribution in [-0.4, -0.2) is 32.8 Å². The summed E-state index contributed by atoms with van der Waals surface area (Å²) in [6.07, 6.45) is 4.64. The molecular weight excluding hydrogens is 292 g/mol. The highest BCUT2D eigenvalue weighted by Crippen LogP contribution is 2.30. The summed E-state index contributed by atoms with van der Waals surface area (Å²) >= 11 is 0. The van der Waals surface area contributed by atoms with E-state index in [-0.39, 0.29) is 6.04 Å². The summed E-state index contributed by atoms with van der Waals surface area (Å²) in [7, 11) is 0. The first-order chi connectivity index (χ1) is 11.2. The van der Waals surface area contributed by atoms with Gasteiger partial charge in [0, 0.05) is 32.3 Å². The van der Waals surface area contributed by atoms with Crippen LogP contribution in [0.2, 0.25) is 0 Å². The fourth-order valence-corrected chi connectivity index (χ4v) is 3.25. The lowest BCUT2D eigenvalue weighted by atomic mass is 10.2.